The lowest BCUT2D eigenvalue weighted by atomic mass is 10.0. The number of aryl methyl sites for hydroxylation is 3. The van der Waals surface area contributed by atoms with Crippen LogP contribution >= 0.6 is 0 Å². The lowest BCUT2D eigenvalue weighted by molar-refractivity contribution is -0.117. The zero-order chi connectivity index (χ0) is 25.9. The summed E-state index contributed by atoms with van der Waals surface area (Å²) in [5.41, 5.74) is 15.1. The van der Waals surface area contributed by atoms with Crippen molar-refractivity contribution < 1.29 is 13.8 Å². The molecular formula is C28H31N7O3. The van der Waals surface area contributed by atoms with E-state index in [1.54, 1.807) is 19.6 Å². The van der Waals surface area contributed by atoms with Crippen molar-refractivity contribution in [2.75, 3.05) is 0 Å². The highest BCUT2D eigenvalue weighted by atomic mass is 16.5. The molecule has 196 valence electrons. The van der Waals surface area contributed by atoms with E-state index < -0.39 is 0 Å². The van der Waals surface area contributed by atoms with Crippen molar-refractivity contribution in [3.05, 3.63) is 72.0 Å². The quantitative estimate of drug-likeness (QED) is 0.257. The van der Waals surface area contributed by atoms with Crippen molar-refractivity contribution in [3.63, 3.8) is 0 Å². The number of aromatic nitrogens is 6. The van der Waals surface area contributed by atoms with Gasteiger partial charge in [-0.05, 0) is 56.2 Å². The first-order valence-corrected chi connectivity index (χ1v) is 11.9. The second-order valence-corrected chi connectivity index (χ2v) is 8.80. The molecule has 0 saturated carbocycles. The fourth-order valence-corrected chi connectivity index (χ4v) is 4.36. The summed E-state index contributed by atoms with van der Waals surface area (Å²) >= 11 is 0. The first kappa shape index (κ1) is 26.5. The summed E-state index contributed by atoms with van der Waals surface area (Å²) < 4.78 is 10.5. The molecule has 0 saturated heterocycles. The highest BCUT2D eigenvalue weighted by molar-refractivity contribution is 5.84. The summed E-state index contributed by atoms with van der Waals surface area (Å²) in [5, 5.41) is 8.03. The molecule has 2 aromatic carbocycles. The minimum Gasteiger partial charge on any atom is -0.361 e. The Balaban J connectivity index is 0.000000174. The van der Waals surface area contributed by atoms with Crippen molar-refractivity contribution in [3.8, 4) is 22.3 Å². The van der Waals surface area contributed by atoms with Gasteiger partial charge in [-0.15, -0.1) is 0 Å². The van der Waals surface area contributed by atoms with E-state index in [0.717, 1.165) is 67.2 Å². The van der Waals surface area contributed by atoms with Crippen LogP contribution in [0.3, 0.4) is 0 Å². The molecule has 0 aliphatic rings. The summed E-state index contributed by atoms with van der Waals surface area (Å²) in [6.07, 6.45) is 4.43. The van der Waals surface area contributed by atoms with Gasteiger partial charge in [0, 0.05) is 30.5 Å². The summed E-state index contributed by atoms with van der Waals surface area (Å²) in [4.78, 5) is 25.7. The lowest BCUT2D eigenvalue weighted by Gasteiger charge is -2.02. The molecule has 38 heavy (non-hydrogen) atoms. The smallest absolute Gasteiger partial charge is 0.141 e. The standard InChI is InChI=1S/C15H15N3O2.C12H12N4O.CH4/c1-9(19)3-5-13-15(10(2)20-18-13)11-4-6-12-14(7-11)17-8-16-12;1-7-12(11(5-13)16-17-7)8-2-3-9-10(4-8)15-6-14-9;/h4,6-8H,3,5H2,1-2H3,(H,16,17);2-4,6H,5,13H2,1H3,(H,14,15);1H4. The third-order valence-corrected chi connectivity index (χ3v) is 6.19. The molecule has 0 unspecified atom stereocenters. The van der Waals surface area contributed by atoms with Gasteiger partial charge in [-0.2, -0.15) is 0 Å². The zero-order valence-electron chi connectivity index (χ0n) is 20.8. The highest BCUT2D eigenvalue weighted by Gasteiger charge is 2.16. The molecule has 6 rings (SSSR count). The van der Waals surface area contributed by atoms with Crippen molar-refractivity contribution in [2.45, 2.75) is 47.6 Å². The molecule has 10 nitrogen and oxygen atoms in total. The predicted molar refractivity (Wildman–Crippen MR) is 146 cm³/mol. The van der Waals surface area contributed by atoms with Crippen LogP contribution in [0.4, 0.5) is 0 Å². The molecule has 10 heteroatoms. The number of nitrogens with one attached hydrogen (secondary N) is 2. The number of hydrogen-bond acceptors (Lipinski definition) is 8. The molecule has 0 fully saturated rings. The largest absolute Gasteiger partial charge is 0.361 e. The topological polar surface area (TPSA) is 153 Å². The van der Waals surface area contributed by atoms with Crippen molar-refractivity contribution >= 4 is 27.9 Å². The van der Waals surface area contributed by atoms with Gasteiger partial charge in [0.25, 0.3) is 0 Å². The SMILES string of the molecule is C.CC(=O)CCc1noc(C)c1-c1ccc2nc[nH]c2c1.Cc1onc(CN)c1-c1ccc2nc[nH]c2c1. The number of nitrogens with two attached hydrogens (primary N) is 1. The normalized spacial score (nSPS) is 10.8. The number of fused-ring (bicyclic) bond motifs is 2. The molecule has 4 heterocycles. The molecule has 0 aliphatic carbocycles. The number of carbonyl (C=O) groups is 1. The number of rotatable bonds is 6. The lowest BCUT2D eigenvalue weighted by Crippen LogP contribution is -1.98. The Labute approximate surface area is 219 Å². The van der Waals surface area contributed by atoms with E-state index in [-0.39, 0.29) is 13.2 Å². The number of imidazole rings is 2. The van der Waals surface area contributed by atoms with Crippen LogP contribution in [-0.4, -0.2) is 36.0 Å². The van der Waals surface area contributed by atoms with Crippen molar-refractivity contribution in [2.24, 2.45) is 5.73 Å². The first-order valence-electron chi connectivity index (χ1n) is 11.9. The molecule has 6 aromatic rings. The molecule has 0 spiro atoms. The summed E-state index contributed by atoms with van der Waals surface area (Å²) in [5.74, 6) is 1.70. The number of nitrogens with zero attached hydrogens (tertiary/aromatic N) is 4. The van der Waals surface area contributed by atoms with E-state index >= 15 is 0 Å². The van der Waals surface area contributed by atoms with E-state index in [1.807, 2.05) is 50.2 Å². The molecule has 4 N–H and O–H groups in total. The van der Waals surface area contributed by atoms with Gasteiger partial charge in [0.1, 0.15) is 23.0 Å². The van der Waals surface area contributed by atoms with Gasteiger partial charge in [0.2, 0.25) is 0 Å². The van der Waals surface area contributed by atoms with E-state index in [0.29, 0.717) is 19.4 Å². The molecule has 0 amide bonds. The van der Waals surface area contributed by atoms with Crippen LogP contribution in [0, 0.1) is 13.8 Å². The maximum absolute atomic E-state index is 11.1. The van der Waals surface area contributed by atoms with Gasteiger partial charge in [-0.25, -0.2) is 9.97 Å². The van der Waals surface area contributed by atoms with Gasteiger partial charge in [0.15, 0.2) is 0 Å². The highest BCUT2D eigenvalue weighted by Crippen LogP contribution is 2.30. The Morgan fingerprint density at radius 2 is 1.34 bits per heavy atom. The molecule has 4 aromatic heterocycles. The zero-order valence-corrected chi connectivity index (χ0v) is 20.8. The molecular weight excluding hydrogens is 482 g/mol. The van der Waals surface area contributed by atoms with Crippen LogP contribution in [0.15, 0.2) is 58.1 Å². The summed E-state index contributed by atoms with van der Waals surface area (Å²) in [6, 6.07) is 12.0. The molecule has 0 atom stereocenters. The Bertz CT molecular complexity index is 1690. The Morgan fingerprint density at radius 3 is 1.84 bits per heavy atom. The average molecular weight is 514 g/mol. The Hall–Kier alpha value is -4.57. The molecule has 0 radical (unpaired) electrons. The van der Waals surface area contributed by atoms with Crippen LogP contribution < -0.4 is 5.73 Å². The Morgan fingerprint density at radius 1 is 0.842 bits per heavy atom. The van der Waals surface area contributed by atoms with Crippen LogP contribution in [0.1, 0.15) is 43.7 Å². The number of Topliss-reactive ketones (excluding diaryl/α,β-unsaturated/α-hetero) is 1. The fourth-order valence-electron chi connectivity index (χ4n) is 4.36. The third-order valence-electron chi connectivity index (χ3n) is 6.19. The number of hydrogen-bond donors (Lipinski definition) is 3. The maximum atomic E-state index is 11.1. The van der Waals surface area contributed by atoms with Crippen LogP contribution in [0.2, 0.25) is 0 Å². The first-order chi connectivity index (χ1) is 17.9. The second-order valence-electron chi connectivity index (χ2n) is 8.80. The number of carbonyl (C=O) groups excluding carboxylic acids is 1. The van der Waals surface area contributed by atoms with Crippen LogP contribution in [0.5, 0.6) is 0 Å². The molecule has 0 bridgehead atoms. The minimum absolute atomic E-state index is 0. The molecule has 0 aliphatic heterocycles. The van der Waals surface area contributed by atoms with Gasteiger partial charge >= 0.3 is 0 Å². The summed E-state index contributed by atoms with van der Waals surface area (Å²) in [7, 11) is 0. The monoisotopic (exact) mass is 513 g/mol. The van der Waals surface area contributed by atoms with Crippen LogP contribution in [0.25, 0.3) is 44.3 Å². The van der Waals surface area contributed by atoms with E-state index in [1.165, 1.54) is 0 Å². The van der Waals surface area contributed by atoms with Gasteiger partial charge in [-0.3, -0.25) is 0 Å². The van der Waals surface area contributed by atoms with Gasteiger partial charge < -0.3 is 29.5 Å². The minimum atomic E-state index is 0. The second kappa shape index (κ2) is 11.2. The maximum Gasteiger partial charge on any atom is 0.141 e. The van der Waals surface area contributed by atoms with Gasteiger partial charge in [0.05, 0.1) is 40.4 Å². The predicted octanol–water partition coefficient (Wildman–Crippen LogP) is 5.67. The Kier molecular flexibility index (Phi) is 7.82. The van der Waals surface area contributed by atoms with Crippen molar-refractivity contribution in [1.29, 1.82) is 0 Å². The number of ketones is 1. The van der Waals surface area contributed by atoms with Crippen molar-refractivity contribution in [1.82, 2.24) is 30.2 Å². The number of H-pyrrole nitrogens is 2. The third kappa shape index (κ3) is 5.25. The van der Waals surface area contributed by atoms with Gasteiger partial charge in [-0.1, -0.05) is 29.9 Å². The number of benzene rings is 2. The summed E-state index contributed by atoms with van der Waals surface area (Å²) in [6.45, 7) is 5.73. The fraction of sp³-hybridized carbons (Fsp3) is 0.250. The van der Waals surface area contributed by atoms with E-state index in [2.05, 4.69) is 30.2 Å². The van der Waals surface area contributed by atoms with E-state index in [9.17, 15) is 4.79 Å². The number of aromatic amines is 2. The average Bonchev–Trinajstić information content (AvgIpc) is 3.68. The van der Waals surface area contributed by atoms with Crippen LogP contribution in [-0.2, 0) is 17.8 Å². The van der Waals surface area contributed by atoms with E-state index in [4.69, 9.17) is 14.8 Å².